The van der Waals surface area contributed by atoms with Gasteiger partial charge in [0.15, 0.2) is 0 Å². The zero-order chi connectivity index (χ0) is 25.2. The van der Waals surface area contributed by atoms with Gasteiger partial charge >= 0.3 is 6.09 Å². The molecule has 2 fully saturated rings. The number of carboxylic acid groups (broad SMARTS) is 1. The quantitative estimate of drug-likeness (QED) is 0.409. The van der Waals surface area contributed by atoms with E-state index < -0.39 is 6.09 Å². The standard InChI is InChI=1S/C28H41N3O4/c1-28(2)17-25(32)31(26(33)18-28)15-7-5-4-6-14-30-16-13-23-22-10-8-9-20(19-29(3)27(34)35)21(22)11-12-24(23)30/h8-10,23-24H,4-7,11-19H2,1-3H3,(H,34,35)/t23-,24+/m1/s1. The predicted molar refractivity (Wildman–Crippen MR) is 135 cm³/mol. The van der Waals surface area contributed by atoms with Gasteiger partial charge in [-0.25, -0.2) is 4.79 Å². The maximum Gasteiger partial charge on any atom is 0.407 e. The van der Waals surface area contributed by atoms with Crippen LogP contribution in [0.25, 0.3) is 0 Å². The van der Waals surface area contributed by atoms with Crippen molar-refractivity contribution in [2.75, 3.05) is 26.7 Å². The number of hydrogen-bond donors (Lipinski definition) is 1. The molecular formula is C28H41N3O4. The van der Waals surface area contributed by atoms with Crippen LogP contribution in [0.15, 0.2) is 18.2 Å². The Morgan fingerprint density at radius 2 is 1.74 bits per heavy atom. The van der Waals surface area contributed by atoms with E-state index in [1.165, 1.54) is 27.3 Å². The fraction of sp³-hybridized carbons (Fsp3) is 0.679. The number of carbonyl (C=O) groups is 3. The molecule has 3 aliphatic rings. The van der Waals surface area contributed by atoms with E-state index in [2.05, 4.69) is 23.1 Å². The molecule has 3 amide bonds. The summed E-state index contributed by atoms with van der Waals surface area (Å²) in [6.45, 7) is 7.23. The summed E-state index contributed by atoms with van der Waals surface area (Å²) >= 11 is 0. The third kappa shape index (κ3) is 5.88. The molecule has 0 spiro atoms. The van der Waals surface area contributed by atoms with Crippen molar-refractivity contribution < 1.29 is 19.5 Å². The molecule has 1 N–H and O–H groups in total. The first-order valence-corrected chi connectivity index (χ1v) is 13.3. The molecule has 2 heterocycles. The second-order valence-corrected chi connectivity index (χ2v) is 11.5. The minimum Gasteiger partial charge on any atom is -0.465 e. The van der Waals surface area contributed by atoms with E-state index >= 15 is 0 Å². The van der Waals surface area contributed by atoms with Gasteiger partial charge in [-0.3, -0.25) is 19.4 Å². The molecule has 1 aromatic carbocycles. The molecule has 0 saturated carbocycles. The van der Waals surface area contributed by atoms with Crippen molar-refractivity contribution >= 4 is 17.9 Å². The number of nitrogens with zero attached hydrogens (tertiary/aromatic N) is 3. The van der Waals surface area contributed by atoms with Crippen LogP contribution in [0.1, 0.15) is 87.8 Å². The number of imide groups is 1. The van der Waals surface area contributed by atoms with Crippen molar-refractivity contribution in [1.82, 2.24) is 14.7 Å². The topological polar surface area (TPSA) is 81.2 Å². The summed E-state index contributed by atoms with van der Waals surface area (Å²) < 4.78 is 0. The molecule has 1 aromatic rings. The predicted octanol–water partition coefficient (Wildman–Crippen LogP) is 4.64. The fourth-order valence-corrected chi connectivity index (χ4v) is 6.41. The van der Waals surface area contributed by atoms with Crippen molar-refractivity contribution in [3.8, 4) is 0 Å². The SMILES string of the molecule is CN(Cc1cccc2c1CC[C@H]1[C@@H]2CCN1CCCCCCN1C(=O)CC(C)(C)CC1=O)C(=O)O. The molecular weight excluding hydrogens is 442 g/mol. The first-order valence-electron chi connectivity index (χ1n) is 13.3. The molecule has 0 radical (unpaired) electrons. The number of piperidine rings is 1. The van der Waals surface area contributed by atoms with Crippen LogP contribution in [0.3, 0.4) is 0 Å². The van der Waals surface area contributed by atoms with E-state index in [-0.39, 0.29) is 17.2 Å². The largest absolute Gasteiger partial charge is 0.465 e. The summed E-state index contributed by atoms with van der Waals surface area (Å²) in [7, 11) is 1.63. The van der Waals surface area contributed by atoms with Gasteiger partial charge in [-0.05, 0) is 67.3 Å². The Kier molecular flexibility index (Phi) is 7.84. The second-order valence-electron chi connectivity index (χ2n) is 11.5. The number of rotatable bonds is 9. The average Bonchev–Trinajstić information content (AvgIpc) is 3.20. The lowest BCUT2D eigenvalue weighted by atomic mass is 9.77. The van der Waals surface area contributed by atoms with Gasteiger partial charge in [0, 0.05) is 44.9 Å². The van der Waals surface area contributed by atoms with Gasteiger partial charge in [0.25, 0.3) is 0 Å². The Hall–Kier alpha value is -2.41. The summed E-state index contributed by atoms with van der Waals surface area (Å²) in [4.78, 5) is 41.4. The molecule has 0 unspecified atom stereocenters. The molecule has 2 atom stereocenters. The molecule has 7 nitrogen and oxygen atoms in total. The fourth-order valence-electron chi connectivity index (χ4n) is 6.41. The maximum atomic E-state index is 12.3. The summed E-state index contributed by atoms with van der Waals surface area (Å²) in [6.07, 6.45) is 7.59. The minimum atomic E-state index is -0.888. The minimum absolute atomic E-state index is 0.00954. The average molecular weight is 484 g/mol. The Morgan fingerprint density at radius 3 is 2.43 bits per heavy atom. The number of carbonyl (C=O) groups excluding carboxylic acids is 2. The van der Waals surface area contributed by atoms with Crippen LogP contribution in [0, 0.1) is 5.41 Å². The van der Waals surface area contributed by atoms with Crippen LogP contribution >= 0.6 is 0 Å². The molecule has 1 aliphatic carbocycles. The lowest BCUT2D eigenvalue weighted by molar-refractivity contribution is -0.152. The Bertz CT molecular complexity index is 940. The van der Waals surface area contributed by atoms with Gasteiger partial charge in [-0.2, -0.15) is 0 Å². The molecule has 0 aromatic heterocycles. The first kappa shape index (κ1) is 25.7. The third-order valence-electron chi connectivity index (χ3n) is 8.23. The van der Waals surface area contributed by atoms with Gasteiger partial charge < -0.3 is 10.0 Å². The summed E-state index contributed by atoms with van der Waals surface area (Å²) in [5, 5.41) is 9.26. The summed E-state index contributed by atoms with van der Waals surface area (Å²) in [6, 6.07) is 7.01. The van der Waals surface area contributed by atoms with Gasteiger partial charge in [-0.1, -0.05) is 44.9 Å². The number of likely N-dealkylation sites (tertiary alicyclic amines) is 2. The number of unbranched alkanes of at least 4 members (excludes halogenated alkanes) is 3. The van der Waals surface area contributed by atoms with Crippen LogP contribution in [0.4, 0.5) is 4.79 Å². The Balaban J connectivity index is 1.22. The molecule has 2 aliphatic heterocycles. The molecule has 7 heteroatoms. The van der Waals surface area contributed by atoms with Crippen LogP contribution < -0.4 is 0 Å². The lowest BCUT2D eigenvalue weighted by Gasteiger charge is -2.35. The maximum absolute atomic E-state index is 12.3. The highest BCUT2D eigenvalue weighted by molar-refractivity contribution is 5.98. The third-order valence-corrected chi connectivity index (χ3v) is 8.23. The van der Waals surface area contributed by atoms with Crippen molar-refractivity contribution in [3.05, 3.63) is 34.9 Å². The highest BCUT2D eigenvalue weighted by Crippen LogP contribution is 2.42. The Labute approximate surface area is 209 Å². The van der Waals surface area contributed by atoms with Crippen LogP contribution in [0.5, 0.6) is 0 Å². The van der Waals surface area contributed by atoms with Gasteiger partial charge in [0.2, 0.25) is 11.8 Å². The second kappa shape index (κ2) is 10.7. The van der Waals surface area contributed by atoms with E-state index in [0.29, 0.717) is 37.9 Å². The van der Waals surface area contributed by atoms with Crippen molar-refractivity contribution in [2.24, 2.45) is 5.41 Å². The molecule has 4 rings (SSSR count). The van der Waals surface area contributed by atoms with E-state index in [0.717, 1.165) is 57.2 Å². The highest BCUT2D eigenvalue weighted by atomic mass is 16.4. The summed E-state index contributed by atoms with van der Waals surface area (Å²) in [5.41, 5.74) is 3.75. The number of benzene rings is 1. The molecule has 35 heavy (non-hydrogen) atoms. The van der Waals surface area contributed by atoms with Gasteiger partial charge in [-0.15, -0.1) is 0 Å². The van der Waals surface area contributed by atoms with E-state index in [4.69, 9.17) is 0 Å². The lowest BCUT2D eigenvalue weighted by Crippen LogP contribution is -2.46. The van der Waals surface area contributed by atoms with E-state index in [1.807, 2.05) is 13.8 Å². The normalized spacial score (nSPS) is 23.8. The van der Waals surface area contributed by atoms with Gasteiger partial charge in [0.05, 0.1) is 0 Å². The van der Waals surface area contributed by atoms with E-state index in [9.17, 15) is 19.5 Å². The molecule has 192 valence electrons. The summed E-state index contributed by atoms with van der Waals surface area (Å²) in [5.74, 6) is 0.531. The molecule has 0 bridgehead atoms. The number of fused-ring (bicyclic) bond motifs is 3. The smallest absolute Gasteiger partial charge is 0.407 e. The van der Waals surface area contributed by atoms with Crippen LogP contribution in [0.2, 0.25) is 0 Å². The van der Waals surface area contributed by atoms with Crippen molar-refractivity contribution in [2.45, 2.75) is 90.1 Å². The number of hydrogen-bond acceptors (Lipinski definition) is 4. The van der Waals surface area contributed by atoms with Crippen LogP contribution in [-0.2, 0) is 22.6 Å². The van der Waals surface area contributed by atoms with Crippen molar-refractivity contribution in [3.63, 3.8) is 0 Å². The molecule has 2 saturated heterocycles. The van der Waals surface area contributed by atoms with E-state index in [1.54, 1.807) is 7.05 Å². The van der Waals surface area contributed by atoms with Crippen LogP contribution in [-0.4, -0.2) is 70.4 Å². The van der Waals surface area contributed by atoms with Gasteiger partial charge in [0.1, 0.15) is 0 Å². The van der Waals surface area contributed by atoms with Crippen molar-refractivity contribution in [1.29, 1.82) is 0 Å². The zero-order valence-corrected chi connectivity index (χ0v) is 21.6. The zero-order valence-electron chi connectivity index (χ0n) is 21.6. The first-order chi connectivity index (χ1) is 16.7. The highest BCUT2D eigenvalue weighted by Gasteiger charge is 2.39. The monoisotopic (exact) mass is 483 g/mol. The number of amides is 3. The Morgan fingerprint density at radius 1 is 1.06 bits per heavy atom.